The molecule has 11 rings (SSSR count). The van der Waals surface area contributed by atoms with Gasteiger partial charge in [0.25, 0.3) is 0 Å². The summed E-state index contributed by atoms with van der Waals surface area (Å²) < 4.78 is 6.22. The highest BCUT2D eigenvalue weighted by molar-refractivity contribution is 6.06. The van der Waals surface area contributed by atoms with Gasteiger partial charge in [-0.15, -0.1) is 0 Å². The van der Waals surface area contributed by atoms with Crippen LogP contribution in [0.3, 0.4) is 0 Å². The van der Waals surface area contributed by atoms with Gasteiger partial charge in [-0.3, -0.25) is 0 Å². The van der Waals surface area contributed by atoms with Crippen LogP contribution in [0.15, 0.2) is 114 Å². The van der Waals surface area contributed by atoms with Crippen molar-refractivity contribution in [3.8, 4) is 51.4 Å². The van der Waals surface area contributed by atoms with Gasteiger partial charge < -0.3 is 4.42 Å². The zero-order chi connectivity index (χ0) is 41.5. The van der Waals surface area contributed by atoms with Crippen LogP contribution in [-0.2, 0) is 10.8 Å². The molecule has 0 spiro atoms. The Bertz CT molecular complexity index is 2670. The third kappa shape index (κ3) is 6.97. The summed E-state index contributed by atoms with van der Waals surface area (Å²) in [5.41, 5.74) is 10.8. The van der Waals surface area contributed by atoms with E-state index in [2.05, 4.69) is 125 Å². The summed E-state index contributed by atoms with van der Waals surface area (Å²) in [6, 6.07) is 41.4. The molecule has 4 bridgehead atoms. The number of hydrogen-bond acceptors (Lipinski definition) is 5. The maximum absolute atomic E-state index is 9.40. The third-order valence-corrected chi connectivity index (χ3v) is 15.5. The number of aromatic nitrogens is 3. The van der Waals surface area contributed by atoms with E-state index in [0.29, 0.717) is 23.0 Å². The lowest BCUT2D eigenvalue weighted by atomic mass is 9.54. The zero-order valence-corrected chi connectivity index (χ0v) is 36.1. The van der Waals surface area contributed by atoms with Crippen LogP contribution in [-0.4, -0.2) is 15.0 Å². The summed E-state index contributed by atoms with van der Waals surface area (Å²) in [7, 11) is 0. The van der Waals surface area contributed by atoms with Crippen LogP contribution in [0.2, 0.25) is 0 Å². The molecule has 0 N–H and O–H groups in total. The predicted octanol–water partition coefficient (Wildman–Crippen LogP) is 14.5. The standard InChI is InChI=1S/C56H56N4O/c1-34-21-39-22-35(2)28-55(27-34,31-39)46-15-10-43(11-16-46)53-58-52(59-54(60-53)44-12-17-47(18-13-44)56-29-36(3)23-40(32-56)24-37(4)30-56)42-8-6-41(7-9-42)45-14-20-49-48-19-5-38(33-57)25-50(48)61-51(49)26-45/h5-20,25-26,34-37,39-40H,21-24,27-32H2,1-4H3/t34-,35+,36-,37+,39?,40?,55?,56?. The molecule has 8 atom stereocenters. The van der Waals surface area contributed by atoms with Gasteiger partial charge in [0.1, 0.15) is 11.2 Å². The van der Waals surface area contributed by atoms with Crippen LogP contribution < -0.4 is 0 Å². The molecule has 4 aliphatic carbocycles. The normalized spacial score (nSPS) is 28.4. The number of hydrogen-bond donors (Lipinski definition) is 0. The first-order chi connectivity index (χ1) is 29.6. The lowest BCUT2D eigenvalue weighted by Crippen LogP contribution is -2.42. The van der Waals surface area contributed by atoms with Crippen molar-refractivity contribution in [1.82, 2.24) is 15.0 Å². The molecular formula is C56H56N4O. The van der Waals surface area contributed by atoms with Crippen molar-refractivity contribution in [1.29, 1.82) is 5.26 Å². The summed E-state index contributed by atoms with van der Waals surface area (Å²) in [5, 5.41) is 11.5. The fourth-order valence-electron chi connectivity index (χ4n) is 13.7. The van der Waals surface area contributed by atoms with E-state index in [-0.39, 0.29) is 10.8 Å². The number of rotatable bonds is 6. The van der Waals surface area contributed by atoms with Crippen molar-refractivity contribution in [2.24, 2.45) is 35.5 Å². The van der Waals surface area contributed by atoms with Gasteiger partial charge in [0, 0.05) is 27.5 Å². The molecule has 0 amide bonds. The number of fused-ring (bicyclic) bond motifs is 7. The Morgan fingerprint density at radius 2 is 0.836 bits per heavy atom. The van der Waals surface area contributed by atoms with Gasteiger partial charge in [-0.2, -0.15) is 5.26 Å². The Hall–Kier alpha value is -5.60. The van der Waals surface area contributed by atoms with E-state index in [0.717, 1.165) is 85.3 Å². The number of nitriles is 1. The van der Waals surface area contributed by atoms with Crippen molar-refractivity contribution >= 4 is 21.9 Å². The molecule has 7 aromatic rings. The van der Waals surface area contributed by atoms with Crippen LogP contribution in [0.25, 0.3) is 67.2 Å². The Balaban J connectivity index is 0.950. The summed E-state index contributed by atoms with van der Waals surface area (Å²) in [6.45, 7) is 9.86. The van der Waals surface area contributed by atoms with Crippen molar-refractivity contribution in [2.75, 3.05) is 0 Å². The number of benzene rings is 5. The molecule has 5 heteroatoms. The van der Waals surface area contributed by atoms with Gasteiger partial charge >= 0.3 is 0 Å². The van der Waals surface area contributed by atoms with Crippen molar-refractivity contribution < 1.29 is 4.42 Å². The van der Waals surface area contributed by atoms with E-state index in [1.807, 2.05) is 18.2 Å². The Kier molecular flexibility index (Phi) is 9.30. The molecule has 4 unspecified atom stereocenters. The second-order valence-corrected chi connectivity index (χ2v) is 20.6. The minimum Gasteiger partial charge on any atom is -0.456 e. The molecule has 5 aromatic carbocycles. The largest absolute Gasteiger partial charge is 0.456 e. The van der Waals surface area contributed by atoms with Crippen LogP contribution in [0.4, 0.5) is 0 Å². The topological polar surface area (TPSA) is 75.6 Å². The molecule has 5 nitrogen and oxygen atoms in total. The molecule has 4 fully saturated rings. The summed E-state index contributed by atoms with van der Waals surface area (Å²) >= 11 is 0. The van der Waals surface area contributed by atoms with E-state index in [4.69, 9.17) is 19.4 Å². The quantitative estimate of drug-likeness (QED) is 0.167. The highest BCUT2D eigenvalue weighted by Gasteiger charge is 2.46. The van der Waals surface area contributed by atoms with Gasteiger partial charge in [-0.1, -0.05) is 107 Å². The van der Waals surface area contributed by atoms with E-state index in [9.17, 15) is 5.26 Å². The highest BCUT2D eigenvalue weighted by Crippen LogP contribution is 2.55. The molecule has 0 aliphatic heterocycles. The van der Waals surface area contributed by atoms with Crippen LogP contribution in [0.5, 0.6) is 0 Å². The fourth-order valence-corrected chi connectivity index (χ4v) is 13.7. The molecule has 0 radical (unpaired) electrons. The summed E-state index contributed by atoms with van der Waals surface area (Å²) in [5.74, 6) is 6.87. The SMILES string of the molecule is C[C@@H]1CC2C[C@H](C)CC(c3ccc(-c4nc(-c5ccc(-c6ccc7c(c6)oc6cc(C#N)ccc67)cc5)nc(-c5ccc(C67CC(C[C@@H](C)C6)C[C@H](C)C7)cc5)n4)cc3)(C2)C1. The van der Waals surface area contributed by atoms with E-state index < -0.39 is 0 Å². The molecule has 61 heavy (non-hydrogen) atoms. The monoisotopic (exact) mass is 800 g/mol. The van der Waals surface area contributed by atoms with E-state index >= 15 is 0 Å². The lowest BCUT2D eigenvalue weighted by Gasteiger charge is -2.50. The first kappa shape index (κ1) is 38.3. The van der Waals surface area contributed by atoms with Gasteiger partial charge in [-0.05, 0) is 163 Å². The predicted molar refractivity (Wildman–Crippen MR) is 247 cm³/mol. The molecular weight excluding hydrogens is 745 g/mol. The van der Waals surface area contributed by atoms with Crippen molar-refractivity contribution in [3.63, 3.8) is 0 Å². The first-order valence-corrected chi connectivity index (χ1v) is 23.1. The smallest absolute Gasteiger partial charge is 0.164 e. The van der Waals surface area contributed by atoms with Gasteiger partial charge in [0.2, 0.25) is 0 Å². The fraction of sp³-hybridized carbons (Fsp3) is 0.393. The number of furan rings is 1. The summed E-state index contributed by atoms with van der Waals surface area (Å²) in [4.78, 5) is 15.6. The second kappa shape index (κ2) is 14.8. The van der Waals surface area contributed by atoms with Crippen LogP contribution in [0, 0.1) is 46.8 Å². The molecule has 306 valence electrons. The Labute approximate surface area is 360 Å². The van der Waals surface area contributed by atoms with Crippen LogP contribution in [0.1, 0.15) is 109 Å². The number of nitrogens with zero attached hydrogens (tertiary/aromatic N) is 4. The molecule has 0 saturated heterocycles. The average molecular weight is 801 g/mol. The Morgan fingerprint density at radius 3 is 1.28 bits per heavy atom. The minimum absolute atomic E-state index is 0.277. The van der Waals surface area contributed by atoms with E-state index in [1.54, 1.807) is 0 Å². The average Bonchev–Trinajstić information content (AvgIpc) is 3.62. The maximum Gasteiger partial charge on any atom is 0.164 e. The molecule has 4 saturated carbocycles. The van der Waals surface area contributed by atoms with E-state index in [1.165, 1.54) is 75.3 Å². The molecule has 2 aromatic heterocycles. The van der Waals surface area contributed by atoms with Gasteiger partial charge in [-0.25, -0.2) is 15.0 Å². The third-order valence-electron chi connectivity index (χ3n) is 15.5. The van der Waals surface area contributed by atoms with Crippen molar-refractivity contribution in [3.05, 3.63) is 126 Å². The van der Waals surface area contributed by atoms with Crippen LogP contribution >= 0.6 is 0 Å². The van der Waals surface area contributed by atoms with Crippen molar-refractivity contribution in [2.45, 2.75) is 103 Å². The molecule has 2 heterocycles. The summed E-state index contributed by atoms with van der Waals surface area (Å²) in [6.07, 6.45) is 13.3. The Morgan fingerprint density at radius 1 is 0.459 bits per heavy atom. The zero-order valence-electron chi connectivity index (χ0n) is 36.1. The first-order valence-electron chi connectivity index (χ1n) is 23.1. The van der Waals surface area contributed by atoms with Gasteiger partial charge in [0.05, 0.1) is 11.6 Å². The van der Waals surface area contributed by atoms with Gasteiger partial charge in [0.15, 0.2) is 17.5 Å². The highest BCUT2D eigenvalue weighted by atomic mass is 16.3. The maximum atomic E-state index is 9.40. The minimum atomic E-state index is 0.277. The second-order valence-electron chi connectivity index (χ2n) is 20.6. The lowest BCUT2D eigenvalue weighted by molar-refractivity contribution is 0.0779. The molecule has 4 aliphatic rings.